The fraction of sp³-hybridized carbons (Fsp3) is 0.250. The fourth-order valence-corrected chi connectivity index (χ4v) is 1.76. The number of nitrogens with zero attached hydrogens (tertiary/aromatic N) is 1. The molecule has 3 nitrogen and oxygen atoms in total. The van der Waals surface area contributed by atoms with E-state index in [4.69, 9.17) is 4.74 Å². The van der Waals surface area contributed by atoms with E-state index in [0.29, 0.717) is 0 Å². The Bertz CT molecular complexity index is 412. The van der Waals surface area contributed by atoms with Gasteiger partial charge >= 0.3 is 6.09 Å². The third-order valence-electron chi connectivity index (χ3n) is 2.53. The average Bonchev–Trinajstić information content (AvgIpc) is 2.28. The first kappa shape index (κ1) is 9.77. The van der Waals surface area contributed by atoms with E-state index in [1.165, 1.54) is 7.11 Å². The molecule has 0 aromatic heterocycles. The van der Waals surface area contributed by atoms with E-state index in [0.717, 1.165) is 11.3 Å². The number of para-hydroxylation sites is 1. The van der Waals surface area contributed by atoms with Gasteiger partial charge in [-0.15, -0.1) is 0 Å². The van der Waals surface area contributed by atoms with E-state index in [2.05, 4.69) is 0 Å². The third kappa shape index (κ3) is 1.61. The highest BCUT2D eigenvalue weighted by molar-refractivity contribution is 5.93. The van der Waals surface area contributed by atoms with Crippen molar-refractivity contribution in [2.24, 2.45) is 0 Å². The number of fused-ring (bicyclic) bond motifs is 1. The van der Waals surface area contributed by atoms with Crippen LogP contribution < -0.4 is 4.90 Å². The number of benzene rings is 1. The molecule has 1 aliphatic heterocycles. The highest BCUT2D eigenvalue weighted by atomic mass is 16.5. The molecule has 3 heteroatoms. The lowest BCUT2D eigenvalue weighted by Crippen LogP contribution is -2.39. The summed E-state index contributed by atoms with van der Waals surface area (Å²) in [5.74, 6) is 0. The Labute approximate surface area is 89.0 Å². The molecular weight excluding hydrogens is 190 g/mol. The van der Waals surface area contributed by atoms with Gasteiger partial charge in [-0.3, -0.25) is 4.90 Å². The summed E-state index contributed by atoms with van der Waals surface area (Å²) in [4.78, 5) is 13.3. The van der Waals surface area contributed by atoms with Gasteiger partial charge in [0.2, 0.25) is 0 Å². The number of ether oxygens (including phenoxy) is 1. The molecule has 2 rings (SSSR count). The lowest BCUT2D eigenvalue weighted by atomic mass is 10.0. The molecule has 1 atom stereocenters. The van der Waals surface area contributed by atoms with E-state index >= 15 is 0 Å². The van der Waals surface area contributed by atoms with Crippen molar-refractivity contribution in [1.29, 1.82) is 0 Å². The molecule has 1 amide bonds. The smallest absolute Gasteiger partial charge is 0.414 e. The zero-order valence-corrected chi connectivity index (χ0v) is 8.81. The third-order valence-corrected chi connectivity index (χ3v) is 2.53. The number of anilines is 1. The predicted molar refractivity (Wildman–Crippen MR) is 59.8 cm³/mol. The first-order chi connectivity index (χ1) is 7.24. The average molecular weight is 203 g/mol. The second-order valence-corrected chi connectivity index (χ2v) is 3.50. The van der Waals surface area contributed by atoms with Crippen LogP contribution in [0.5, 0.6) is 0 Å². The molecule has 1 unspecified atom stereocenters. The minimum absolute atomic E-state index is 0.0346. The summed E-state index contributed by atoms with van der Waals surface area (Å²) in [6.45, 7) is 1.96. The van der Waals surface area contributed by atoms with Crippen LogP contribution in [0.4, 0.5) is 10.5 Å². The molecule has 0 saturated heterocycles. The summed E-state index contributed by atoms with van der Waals surface area (Å²) in [6.07, 6.45) is 3.69. The van der Waals surface area contributed by atoms with Crippen LogP contribution in [0.1, 0.15) is 12.5 Å². The SMILES string of the molecule is COC(=O)N1c2ccccc2C=CC1C. The Morgan fingerprint density at radius 1 is 1.40 bits per heavy atom. The van der Waals surface area contributed by atoms with Crippen LogP contribution in [0.3, 0.4) is 0 Å². The zero-order chi connectivity index (χ0) is 10.8. The van der Waals surface area contributed by atoms with E-state index in [1.54, 1.807) is 4.90 Å². The normalized spacial score (nSPS) is 18.5. The monoisotopic (exact) mass is 203 g/mol. The first-order valence-electron chi connectivity index (χ1n) is 4.88. The van der Waals surface area contributed by atoms with Gasteiger partial charge in [-0.25, -0.2) is 4.79 Å². The zero-order valence-electron chi connectivity index (χ0n) is 8.81. The molecule has 0 aliphatic carbocycles. The maximum atomic E-state index is 11.6. The second-order valence-electron chi connectivity index (χ2n) is 3.50. The molecule has 0 bridgehead atoms. The maximum Gasteiger partial charge on any atom is 0.414 e. The van der Waals surface area contributed by atoms with Crippen molar-refractivity contribution >= 4 is 17.9 Å². The number of amides is 1. The summed E-state index contributed by atoms with van der Waals surface area (Å²) in [5.41, 5.74) is 1.94. The number of methoxy groups -OCH3 is 1. The summed E-state index contributed by atoms with van der Waals surface area (Å²) < 4.78 is 4.77. The highest BCUT2D eigenvalue weighted by Crippen LogP contribution is 2.28. The van der Waals surface area contributed by atoms with Gasteiger partial charge in [-0.1, -0.05) is 30.4 Å². The van der Waals surface area contributed by atoms with Crippen LogP contribution in [0.2, 0.25) is 0 Å². The lowest BCUT2D eigenvalue weighted by Gasteiger charge is -2.30. The van der Waals surface area contributed by atoms with Gasteiger partial charge in [-0.05, 0) is 18.6 Å². The number of hydrogen-bond acceptors (Lipinski definition) is 2. The Hall–Kier alpha value is -1.77. The van der Waals surface area contributed by atoms with Crippen LogP contribution in [-0.2, 0) is 4.74 Å². The van der Waals surface area contributed by atoms with E-state index in [1.807, 2.05) is 43.3 Å². The largest absolute Gasteiger partial charge is 0.452 e. The fourth-order valence-electron chi connectivity index (χ4n) is 1.76. The summed E-state index contributed by atoms with van der Waals surface area (Å²) in [7, 11) is 1.40. The Kier molecular flexibility index (Phi) is 2.46. The molecular formula is C12H13NO2. The molecule has 1 heterocycles. The lowest BCUT2D eigenvalue weighted by molar-refractivity contribution is 0.177. The summed E-state index contributed by atoms with van der Waals surface area (Å²) >= 11 is 0. The van der Waals surface area contributed by atoms with Crippen LogP contribution in [0.15, 0.2) is 30.3 Å². The van der Waals surface area contributed by atoms with Crippen molar-refractivity contribution in [2.75, 3.05) is 12.0 Å². The molecule has 1 aliphatic rings. The van der Waals surface area contributed by atoms with Crippen molar-refractivity contribution < 1.29 is 9.53 Å². The molecule has 1 aromatic rings. The minimum atomic E-state index is -0.320. The van der Waals surface area contributed by atoms with Crippen molar-refractivity contribution in [2.45, 2.75) is 13.0 Å². The topological polar surface area (TPSA) is 29.5 Å². The van der Waals surface area contributed by atoms with Crippen molar-refractivity contribution in [3.05, 3.63) is 35.9 Å². The van der Waals surface area contributed by atoms with E-state index in [9.17, 15) is 4.79 Å². The molecule has 0 fully saturated rings. The predicted octanol–water partition coefficient (Wildman–Crippen LogP) is 2.67. The molecule has 78 valence electrons. The van der Waals surface area contributed by atoms with Crippen LogP contribution >= 0.6 is 0 Å². The molecule has 15 heavy (non-hydrogen) atoms. The van der Waals surface area contributed by atoms with Gasteiger partial charge in [0.25, 0.3) is 0 Å². The quantitative estimate of drug-likeness (QED) is 0.648. The first-order valence-corrected chi connectivity index (χ1v) is 4.88. The van der Waals surface area contributed by atoms with Crippen LogP contribution in [-0.4, -0.2) is 19.2 Å². The summed E-state index contributed by atoms with van der Waals surface area (Å²) in [5, 5.41) is 0. The Balaban J connectivity index is 2.47. The minimum Gasteiger partial charge on any atom is -0.452 e. The highest BCUT2D eigenvalue weighted by Gasteiger charge is 2.25. The molecule has 0 radical (unpaired) electrons. The van der Waals surface area contributed by atoms with Crippen LogP contribution in [0, 0.1) is 0 Å². The Morgan fingerprint density at radius 3 is 2.87 bits per heavy atom. The van der Waals surface area contributed by atoms with E-state index in [-0.39, 0.29) is 12.1 Å². The van der Waals surface area contributed by atoms with Gasteiger partial charge < -0.3 is 4.74 Å². The van der Waals surface area contributed by atoms with Crippen molar-refractivity contribution in [3.8, 4) is 0 Å². The van der Waals surface area contributed by atoms with Gasteiger partial charge in [0.05, 0.1) is 18.8 Å². The maximum absolute atomic E-state index is 11.6. The second kappa shape index (κ2) is 3.77. The molecule has 0 spiro atoms. The number of carbonyl (C=O) groups excluding carboxylic acids is 1. The number of hydrogen-bond donors (Lipinski definition) is 0. The molecule has 0 N–H and O–H groups in total. The van der Waals surface area contributed by atoms with Crippen molar-refractivity contribution in [3.63, 3.8) is 0 Å². The summed E-state index contributed by atoms with van der Waals surface area (Å²) in [6, 6.07) is 7.81. The van der Waals surface area contributed by atoms with E-state index < -0.39 is 0 Å². The molecule has 0 saturated carbocycles. The van der Waals surface area contributed by atoms with Gasteiger partial charge in [0.15, 0.2) is 0 Å². The van der Waals surface area contributed by atoms with Crippen LogP contribution in [0.25, 0.3) is 6.08 Å². The number of carbonyl (C=O) groups is 1. The van der Waals surface area contributed by atoms with Gasteiger partial charge in [0.1, 0.15) is 0 Å². The number of rotatable bonds is 0. The standard InChI is InChI=1S/C12H13NO2/c1-9-7-8-10-5-3-4-6-11(10)13(9)12(14)15-2/h3-9H,1-2H3. The Morgan fingerprint density at radius 2 is 2.13 bits per heavy atom. The van der Waals surface area contributed by atoms with Gasteiger partial charge in [-0.2, -0.15) is 0 Å². The van der Waals surface area contributed by atoms with Gasteiger partial charge in [0, 0.05) is 0 Å². The molecule has 1 aromatic carbocycles. The van der Waals surface area contributed by atoms with Crippen molar-refractivity contribution in [1.82, 2.24) is 0 Å².